The third-order valence-corrected chi connectivity index (χ3v) is 2.19. The van der Waals surface area contributed by atoms with Gasteiger partial charge in [0.25, 0.3) is 0 Å². The molecular formula is C8H14N2O5S. The van der Waals surface area contributed by atoms with Gasteiger partial charge in [0.05, 0.1) is 6.04 Å². The summed E-state index contributed by atoms with van der Waals surface area (Å²) in [5.41, 5.74) is 5.32. The van der Waals surface area contributed by atoms with Crippen LogP contribution in [0.15, 0.2) is 0 Å². The summed E-state index contributed by atoms with van der Waals surface area (Å²) in [7, 11) is 0. The van der Waals surface area contributed by atoms with E-state index in [9.17, 15) is 14.4 Å². The van der Waals surface area contributed by atoms with E-state index in [1.165, 1.54) is 0 Å². The van der Waals surface area contributed by atoms with Crippen LogP contribution < -0.4 is 11.1 Å². The van der Waals surface area contributed by atoms with Gasteiger partial charge in [0.1, 0.15) is 6.04 Å². The molecule has 0 aliphatic heterocycles. The summed E-state index contributed by atoms with van der Waals surface area (Å²) < 4.78 is 0. The van der Waals surface area contributed by atoms with E-state index in [0.29, 0.717) is 0 Å². The van der Waals surface area contributed by atoms with Crippen molar-refractivity contribution in [2.45, 2.75) is 24.9 Å². The molecule has 92 valence electrons. The Morgan fingerprint density at radius 3 is 2.25 bits per heavy atom. The van der Waals surface area contributed by atoms with Gasteiger partial charge in [-0.2, -0.15) is 12.6 Å². The van der Waals surface area contributed by atoms with Crippen LogP contribution in [0.25, 0.3) is 0 Å². The average Bonchev–Trinajstić information content (AvgIpc) is 2.21. The summed E-state index contributed by atoms with van der Waals surface area (Å²) in [5, 5.41) is 19.3. The van der Waals surface area contributed by atoms with Gasteiger partial charge in [-0.05, 0) is 6.42 Å². The number of carboxylic acid groups (broad SMARTS) is 2. The quantitative estimate of drug-likeness (QED) is 0.356. The average molecular weight is 250 g/mol. The van der Waals surface area contributed by atoms with E-state index >= 15 is 0 Å². The van der Waals surface area contributed by atoms with Crippen LogP contribution in [0.4, 0.5) is 0 Å². The number of carbonyl (C=O) groups is 3. The minimum Gasteiger partial charge on any atom is -0.481 e. The fourth-order valence-corrected chi connectivity index (χ4v) is 1.05. The number of hydrogen-bond donors (Lipinski definition) is 5. The summed E-state index contributed by atoms with van der Waals surface area (Å²) >= 11 is 3.79. The largest absolute Gasteiger partial charge is 0.481 e. The normalized spacial score (nSPS) is 13.9. The predicted octanol–water partition coefficient (Wildman–Crippen LogP) is -1.32. The standard InChI is InChI=1S/C8H14N2O5S/c9-4(3-16)7(13)10-5(8(14)15)1-2-6(11)12/h4-5,16H,1-3,9H2,(H,10,13)(H,11,12)(H,14,15)/t4-,5-/m1/s1. The number of thiol groups is 1. The minimum absolute atomic E-state index is 0.0805. The van der Waals surface area contributed by atoms with Crippen LogP contribution in [-0.2, 0) is 14.4 Å². The Hall–Kier alpha value is -1.28. The second-order valence-electron chi connectivity index (χ2n) is 3.12. The molecule has 2 atom stereocenters. The third kappa shape index (κ3) is 5.56. The number of nitrogens with one attached hydrogen (secondary N) is 1. The topological polar surface area (TPSA) is 130 Å². The number of nitrogens with two attached hydrogens (primary N) is 1. The molecule has 7 nitrogen and oxygen atoms in total. The second kappa shape index (κ2) is 7.07. The molecule has 0 fully saturated rings. The van der Waals surface area contributed by atoms with Gasteiger partial charge in [-0.1, -0.05) is 0 Å². The molecule has 0 aromatic carbocycles. The van der Waals surface area contributed by atoms with Crippen molar-refractivity contribution in [2.75, 3.05) is 5.75 Å². The van der Waals surface area contributed by atoms with Gasteiger partial charge >= 0.3 is 11.9 Å². The zero-order valence-electron chi connectivity index (χ0n) is 8.42. The van der Waals surface area contributed by atoms with Gasteiger partial charge in [-0.3, -0.25) is 9.59 Å². The van der Waals surface area contributed by atoms with Crippen molar-refractivity contribution in [3.05, 3.63) is 0 Å². The molecule has 0 aliphatic rings. The van der Waals surface area contributed by atoms with E-state index in [1.54, 1.807) is 0 Å². The van der Waals surface area contributed by atoms with Crippen molar-refractivity contribution in [3.63, 3.8) is 0 Å². The Kier molecular flexibility index (Phi) is 6.50. The molecule has 0 bridgehead atoms. The number of aliphatic carboxylic acids is 2. The lowest BCUT2D eigenvalue weighted by atomic mass is 10.1. The maximum absolute atomic E-state index is 11.2. The van der Waals surface area contributed by atoms with E-state index in [0.717, 1.165) is 0 Å². The zero-order chi connectivity index (χ0) is 12.7. The van der Waals surface area contributed by atoms with Gasteiger partial charge in [0, 0.05) is 12.2 Å². The van der Waals surface area contributed by atoms with Gasteiger partial charge in [-0.15, -0.1) is 0 Å². The molecule has 8 heteroatoms. The first-order valence-electron chi connectivity index (χ1n) is 4.50. The molecule has 0 aromatic heterocycles. The molecule has 0 saturated carbocycles. The monoisotopic (exact) mass is 250 g/mol. The van der Waals surface area contributed by atoms with Crippen molar-refractivity contribution in [1.29, 1.82) is 0 Å². The molecule has 0 unspecified atom stereocenters. The van der Waals surface area contributed by atoms with Gasteiger partial charge < -0.3 is 21.3 Å². The first-order chi connectivity index (χ1) is 7.38. The van der Waals surface area contributed by atoms with E-state index in [2.05, 4.69) is 17.9 Å². The summed E-state index contributed by atoms with van der Waals surface area (Å²) in [6.45, 7) is 0. The molecule has 0 spiro atoms. The molecule has 16 heavy (non-hydrogen) atoms. The van der Waals surface area contributed by atoms with Crippen molar-refractivity contribution >= 4 is 30.5 Å². The van der Waals surface area contributed by atoms with Gasteiger partial charge in [0.2, 0.25) is 5.91 Å². The maximum atomic E-state index is 11.2. The van der Waals surface area contributed by atoms with E-state index in [1.807, 2.05) is 0 Å². The molecular weight excluding hydrogens is 236 g/mol. The van der Waals surface area contributed by atoms with Crippen LogP contribution in [-0.4, -0.2) is 45.9 Å². The van der Waals surface area contributed by atoms with Crippen LogP contribution in [0.1, 0.15) is 12.8 Å². The van der Waals surface area contributed by atoms with E-state index < -0.39 is 29.9 Å². The SMILES string of the molecule is N[C@H](CS)C(=O)N[C@H](CCC(=O)O)C(=O)O. The van der Waals surface area contributed by atoms with Crippen LogP contribution in [0, 0.1) is 0 Å². The highest BCUT2D eigenvalue weighted by Crippen LogP contribution is 1.99. The lowest BCUT2D eigenvalue weighted by Crippen LogP contribution is -2.49. The fourth-order valence-electron chi connectivity index (χ4n) is 0.887. The van der Waals surface area contributed by atoms with Crippen molar-refractivity contribution < 1.29 is 24.6 Å². The van der Waals surface area contributed by atoms with E-state index in [4.69, 9.17) is 15.9 Å². The Morgan fingerprint density at radius 1 is 1.31 bits per heavy atom. The molecule has 0 aromatic rings. The van der Waals surface area contributed by atoms with Crippen molar-refractivity contribution in [3.8, 4) is 0 Å². The first kappa shape index (κ1) is 14.7. The number of amides is 1. The summed E-state index contributed by atoms with van der Waals surface area (Å²) in [5.74, 6) is -3.00. The van der Waals surface area contributed by atoms with Gasteiger partial charge in [-0.25, -0.2) is 4.79 Å². The molecule has 5 N–H and O–H groups in total. The first-order valence-corrected chi connectivity index (χ1v) is 5.13. The number of hydrogen-bond acceptors (Lipinski definition) is 5. The molecule has 0 saturated heterocycles. The highest BCUT2D eigenvalue weighted by atomic mass is 32.1. The smallest absolute Gasteiger partial charge is 0.326 e. The number of carbonyl (C=O) groups excluding carboxylic acids is 1. The maximum Gasteiger partial charge on any atom is 0.326 e. The molecule has 1 amide bonds. The highest BCUT2D eigenvalue weighted by Gasteiger charge is 2.23. The second-order valence-corrected chi connectivity index (χ2v) is 3.49. The van der Waals surface area contributed by atoms with E-state index in [-0.39, 0.29) is 18.6 Å². The summed E-state index contributed by atoms with van der Waals surface area (Å²) in [6.07, 6.45) is -0.525. The number of rotatable bonds is 7. The highest BCUT2D eigenvalue weighted by molar-refractivity contribution is 7.80. The summed E-state index contributed by atoms with van der Waals surface area (Å²) in [6, 6.07) is -2.15. The van der Waals surface area contributed by atoms with Crippen molar-refractivity contribution in [1.82, 2.24) is 5.32 Å². The zero-order valence-corrected chi connectivity index (χ0v) is 9.31. The Morgan fingerprint density at radius 2 is 1.88 bits per heavy atom. The molecule has 0 aliphatic carbocycles. The third-order valence-electron chi connectivity index (χ3n) is 1.79. The van der Waals surface area contributed by atoms with Gasteiger partial charge in [0.15, 0.2) is 0 Å². The predicted molar refractivity (Wildman–Crippen MR) is 58.3 cm³/mol. The summed E-state index contributed by atoms with van der Waals surface area (Å²) in [4.78, 5) is 32.2. The van der Waals surface area contributed by atoms with Crippen LogP contribution in [0.2, 0.25) is 0 Å². The molecule has 0 heterocycles. The Labute approximate surface area is 97.4 Å². The molecule has 0 radical (unpaired) electrons. The Bertz CT molecular complexity index is 284. The minimum atomic E-state index is -1.29. The lowest BCUT2D eigenvalue weighted by Gasteiger charge is -2.15. The lowest BCUT2D eigenvalue weighted by molar-refractivity contribution is -0.143. The number of carboxylic acids is 2. The Balaban J connectivity index is 4.28. The molecule has 0 rings (SSSR count). The van der Waals surface area contributed by atoms with Crippen LogP contribution >= 0.6 is 12.6 Å². The van der Waals surface area contributed by atoms with Crippen LogP contribution in [0.3, 0.4) is 0 Å². The van der Waals surface area contributed by atoms with Crippen molar-refractivity contribution in [2.24, 2.45) is 5.73 Å². The fraction of sp³-hybridized carbons (Fsp3) is 0.625. The van der Waals surface area contributed by atoms with Crippen LogP contribution in [0.5, 0.6) is 0 Å².